The van der Waals surface area contributed by atoms with Crippen LogP contribution in [0.15, 0.2) is 47.5 Å². The molecule has 0 aliphatic carbocycles. The largest absolute Gasteiger partial charge is 0.357 e. The van der Waals surface area contributed by atoms with Gasteiger partial charge in [0, 0.05) is 29.7 Å². The van der Waals surface area contributed by atoms with E-state index in [0.29, 0.717) is 5.39 Å². The molecule has 4 heterocycles. The Labute approximate surface area is 156 Å². The number of rotatable bonds is 3. The Kier molecular flexibility index (Phi) is 3.70. The van der Waals surface area contributed by atoms with Crippen LogP contribution in [0.1, 0.15) is 24.6 Å². The van der Waals surface area contributed by atoms with Gasteiger partial charge in [0.05, 0.1) is 11.9 Å². The topological polar surface area (TPSA) is 66.8 Å². The van der Waals surface area contributed by atoms with Crippen molar-refractivity contribution in [3.63, 3.8) is 0 Å². The van der Waals surface area contributed by atoms with Crippen LogP contribution in [0.25, 0.3) is 21.9 Å². The maximum absolute atomic E-state index is 12.1. The predicted octanol–water partition coefficient (Wildman–Crippen LogP) is 3.25. The van der Waals surface area contributed by atoms with Crippen molar-refractivity contribution < 1.29 is 0 Å². The minimum atomic E-state index is -0.215. The number of para-hydroxylation sites is 1. The molecule has 1 aliphatic rings. The molecule has 0 unspecified atom stereocenters. The third-order valence-corrected chi connectivity index (χ3v) is 5.35. The van der Waals surface area contributed by atoms with Crippen LogP contribution >= 0.6 is 0 Å². The summed E-state index contributed by atoms with van der Waals surface area (Å²) in [6.07, 6.45) is 3.56. The standard InChI is InChI=1S/C21H21N5O/c1-2-10-26-13-22-21(27)16-7-8-19(24-20(16)26)25-11-9-15-14-5-3-4-6-17(14)23-18(15)12-25/h3-8,13,23H,2,9-12H2,1H3. The molecule has 0 saturated carbocycles. The first kappa shape index (κ1) is 16.1. The van der Waals surface area contributed by atoms with Crippen LogP contribution < -0.4 is 10.5 Å². The second kappa shape index (κ2) is 6.23. The lowest BCUT2D eigenvalue weighted by molar-refractivity contribution is 0.673. The first-order chi connectivity index (χ1) is 13.2. The highest BCUT2D eigenvalue weighted by Crippen LogP contribution is 2.29. The minimum Gasteiger partial charge on any atom is -0.357 e. The fourth-order valence-corrected chi connectivity index (χ4v) is 4.04. The van der Waals surface area contributed by atoms with E-state index in [-0.39, 0.29) is 5.56 Å². The normalized spacial score (nSPS) is 14.0. The number of fused-ring (bicyclic) bond motifs is 4. The third kappa shape index (κ3) is 2.60. The van der Waals surface area contributed by atoms with E-state index in [1.165, 1.54) is 22.2 Å². The number of anilines is 1. The molecule has 0 radical (unpaired) electrons. The Hall–Kier alpha value is -3.15. The van der Waals surface area contributed by atoms with Crippen molar-refractivity contribution in [1.29, 1.82) is 0 Å². The van der Waals surface area contributed by atoms with Crippen molar-refractivity contribution >= 4 is 27.8 Å². The molecule has 6 nitrogen and oxygen atoms in total. The van der Waals surface area contributed by atoms with Gasteiger partial charge in [0.25, 0.3) is 5.56 Å². The van der Waals surface area contributed by atoms with Gasteiger partial charge in [-0.1, -0.05) is 25.1 Å². The Balaban J connectivity index is 1.56. The maximum Gasteiger partial charge on any atom is 0.282 e. The summed E-state index contributed by atoms with van der Waals surface area (Å²) in [4.78, 5) is 26.7. The highest BCUT2D eigenvalue weighted by atomic mass is 16.1. The van der Waals surface area contributed by atoms with Crippen molar-refractivity contribution in [2.45, 2.75) is 32.9 Å². The van der Waals surface area contributed by atoms with Gasteiger partial charge in [-0.2, -0.15) is 4.98 Å². The molecule has 4 aromatic rings. The quantitative estimate of drug-likeness (QED) is 0.610. The van der Waals surface area contributed by atoms with E-state index in [1.54, 1.807) is 6.33 Å². The molecule has 136 valence electrons. The molecule has 0 saturated heterocycles. The van der Waals surface area contributed by atoms with Gasteiger partial charge in [-0.15, -0.1) is 0 Å². The number of hydrogen-bond acceptors (Lipinski definition) is 4. The van der Waals surface area contributed by atoms with E-state index < -0.39 is 0 Å². The number of pyridine rings is 1. The lowest BCUT2D eigenvalue weighted by atomic mass is 10.0. The van der Waals surface area contributed by atoms with Gasteiger partial charge in [-0.25, -0.2) is 4.98 Å². The monoisotopic (exact) mass is 359 g/mol. The van der Waals surface area contributed by atoms with E-state index in [9.17, 15) is 4.79 Å². The molecule has 5 rings (SSSR count). The van der Waals surface area contributed by atoms with Crippen LogP contribution in [0.5, 0.6) is 0 Å². The lowest BCUT2D eigenvalue weighted by Gasteiger charge is -2.28. The molecule has 6 heteroatoms. The van der Waals surface area contributed by atoms with Crippen molar-refractivity contribution in [3.8, 4) is 0 Å². The molecule has 1 N–H and O–H groups in total. The first-order valence-electron chi connectivity index (χ1n) is 9.44. The van der Waals surface area contributed by atoms with Gasteiger partial charge in [0.15, 0.2) is 0 Å². The molecule has 3 aromatic heterocycles. The third-order valence-electron chi connectivity index (χ3n) is 5.35. The van der Waals surface area contributed by atoms with E-state index in [1.807, 2.05) is 16.7 Å². The van der Waals surface area contributed by atoms with Crippen molar-refractivity contribution in [3.05, 3.63) is 64.3 Å². The maximum atomic E-state index is 12.1. The Morgan fingerprint density at radius 1 is 1.15 bits per heavy atom. The summed E-state index contributed by atoms with van der Waals surface area (Å²) >= 11 is 0. The number of hydrogen-bond donors (Lipinski definition) is 1. The number of H-pyrrole nitrogens is 1. The first-order valence-corrected chi connectivity index (χ1v) is 9.44. The SMILES string of the molecule is CCCn1cnc(=O)c2ccc(N3CCc4c([nH]c5ccccc45)C3)nc21. The average molecular weight is 359 g/mol. The van der Waals surface area contributed by atoms with E-state index >= 15 is 0 Å². The van der Waals surface area contributed by atoms with Crippen molar-refractivity contribution in [1.82, 2.24) is 19.5 Å². The summed E-state index contributed by atoms with van der Waals surface area (Å²) in [7, 11) is 0. The van der Waals surface area contributed by atoms with Crippen molar-refractivity contribution in [2.75, 3.05) is 11.4 Å². The van der Waals surface area contributed by atoms with Gasteiger partial charge < -0.3 is 14.5 Å². The number of nitrogens with one attached hydrogen (secondary N) is 1. The molecule has 0 atom stereocenters. The summed E-state index contributed by atoms with van der Waals surface area (Å²) in [6, 6.07) is 12.3. The van der Waals surface area contributed by atoms with Crippen LogP contribution in [0, 0.1) is 0 Å². The molecular formula is C21H21N5O. The summed E-state index contributed by atoms with van der Waals surface area (Å²) in [5, 5.41) is 1.90. The number of aromatic nitrogens is 4. The highest BCUT2D eigenvalue weighted by Gasteiger charge is 2.22. The van der Waals surface area contributed by atoms with E-state index in [0.717, 1.165) is 43.9 Å². The van der Waals surface area contributed by atoms with Crippen LogP contribution in [-0.4, -0.2) is 26.1 Å². The Morgan fingerprint density at radius 2 is 2.04 bits per heavy atom. The van der Waals surface area contributed by atoms with Gasteiger partial charge in [0.1, 0.15) is 17.8 Å². The second-order valence-corrected chi connectivity index (χ2v) is 7.08. The molecule has 0 amide bonds. The molecule has 0 spiro atoms. The summed E-state index contributed by atoms with van der Waals surface area (Å²) < 4.78 is 1.97. The molecule has 1 aromatic carbocycles. The van der Waals surface area contributed by atoms with Crippen LogP contribution in [0.2, 0.25) is 0 Å². The van der Waals surface area contributed by atoms with E-state index in [4.69, 9.17) is 4.98 Å². The van der Waals surface area contributed by atoms with Crippen LogP contribution in [-0.2, 0) is 19.5 Å². The fourth-order valence-electron chi connectivity index (χ4n) is 4.04. The number of nitrogens with zero attached hydrogens (tertiary/aromatic N) is 4. The smallest absolute Gasteiger partial charge is 0.282 e. The van der Waals surface area contributed by atoms with Gasteiger partial charge >= 0.3 is 0 Å². The summed E-state index contributed by atoms with van der Waals surface area (Å²) in [5.74, 6) is 0.905. The zero-order valence-electron chi connectivity index (χ0n) is 15.3. The summed E-state index contributed by atoms with van der Waals surface area (Å²) in [6.45, 7) is 4.62. The number of aryl methyl sites for hydroxylation is 1. The molecule has 0 fully saturated rings. The zero-order chi connectivity index (χ0) is 18.4. The summed E-state index contributed by atoms with van der Waals surface area (Å²) in [5.41, 5.74) is 4.36. The van der Waals surface area contributed by atoms with Crippen LogP contribution in [0.3, 0.4) is 0 Å². The average Bonchev–Trinajstić information content (AvgIpc) is 3.08. The van der Waals surface area contributed by atoms with Crippen LogP contribution in [0.4, 0.5) is 5.82 Å². The van der Waals surface area contributed by atoms with Crippen molar-refractivity contribution in [2.24, 2.45) is 0 Å². The van der Waals surface area contributed by atoms with Gasteiger partial charge in [-0.3, -0.25) is 4.79 Å². The highest BCUT2D eigenvalue weighted by molar-refractivity contribution is 5.85. The fraction of sp³-hybridized carbons (Fsp3) is 0.286. The zero-order valence-corrected chi connectivity index (χ0v) is 15.3. The number of aromatic amines is 1. The van der Waals surface area contributed by atoms with E-state index in [2.05, 4.69) is 46.1 Å². The Bertz CT molecular complexity index is 1210. The Morgan fingerprint density at radius 3 is 2.93 bits per heavy atom. The molecular weight excluding hydrogens is 338 g/mol. The van der Waals surface area contributed by atoms with Gasteiger partial charge in [0.2, 0.25) is 0 Å². The number of benzene rings is 1. The minimum absolute atomic E-state index is 0.215. The lowest BCUT2D eigenvalue weighted by Crippen LogP contribution is -2.31. The predicted molar refractivity (Wildman–Crippen MR) is 107 cm³/mol. The molecule has 1 aliphatic heterocycles. The second-order valence-electron chi connectivity index (χ2n) is 7.08. The van der Waals surface area contributed by atoms with Gasteiger partial charge in [-0.05, 0) is 36.6 Å². The molecule has 27 heavy (non-hydrogen) atoms. The molecule has 0 bridgehead atoms.